The zero-order valence-electron chi connectivity index (χ0n) is 16.2. The van der Waals surface area contributed by atoms with Crippen molar-refractivity contribution < 1.29 is 19.1 Å². The van der Waals surface area contributed by atoms with Crippen LogP contribution >= 0.6 is 0 Å². The topological polar surface area (TPSA) is 88.4 Å². The predicted molar refractivity (Wildman–Crippen MR) is 108 cm³/mol. The van der Waals surface area contributed by atoms with Crippen LogP contribution in [-0.4, -0.2) is 30.6 Å². The summed E-state index contributed by atoms with van der Waals surface area (Å²) >= 11 is 0. The first-order chi connectivity index (χ1) is 14.1. The second-order valence-corrected chi connectivity index (χ2v) is 7.14. The summed E-state index contributed by atoms with van der Waals surface area (Å²) in [7, 11) is 0. The van der Waals surface area contributed by atoms with Crippen LogP contribution in [0.2, 0.25) is 0 Å². The molecule has 6 nitrogen and oxygen atoms in total. The highest BCUT2D eigenvalue weighted by Crippen LogP contribution is 2.27. The predicted octanol–water partition coefficient (Wildman–Crippen LogP) is 3.62. The van der Waals surface area contributed by atoms with E-state index >= 15 is 0 Å². The molecule has 1 saturated carbocycles. The fraction of sp³-hybridized carbons (Fsp3) is 0.348. The Hall–Kier alpha value is -3.33. The summed E-state index contributed by atoms with van der Waals surface area (Å²) in [5.41, 5.74) is 1.31. The second-order valence-electron chi connectivity index (χ2n) is 7.14. The van der Waals surface area contributed by atoms with Crippen molar-refractivity contribution in [2.45, 2.75) is 37.6 Å². The average Bonchev–Trinajstić information content (AvgIpc) is 2.78. The summed E-state index contributed by atoms with van der Waals surface area (Å²) in [5, 5.41) is 12.1. The smallest absolute Gasteiger partial charge is 0.344 e. The van der Waals surface area contributed by atoms with Crippen molar-refractivity contribution in [1.82, 2.24) is 5.32 Å². The first-order valence-corrected chi connectivity index (χ1v) is 9.76. The van der Waals surface area contributed by atoms with Crippen molar-refractivity contribution in [3.8, 4) is 22.9 Å². The quantitative estimate of drug-likeness (QED) is 0.727. The van der Waals surface area contributed by atoms with Gasteiger partial charge >= 0.3 is 5.97 Å². The first kappa shape index (κ1) is 20.4. The molecule has 1 aliphatic carbocycles. The minimum absolute atomic E-state index is 0.290. The lowest BCUT2D eigenvalue weighted by Crippen LogP contribution is -2.50. The molecule has 0 heterocycles. The standard InChI is InChI=1S/C23H24N2O4/c24-17-23(13-5-2-6-14-23)25-21(26)15-29-22(27)16-28-20-11-9-19(10-12-20)18-7-3-1-4-8-18/h1,3-4,7-12H,2,5-6,13-16H2,(H,25,26). The third-order valence-corrected chi connectivity index (χ3v) is 4.98. The summed E-state index contributed by atoms with van der Waals surface area (Å²) in [5.74, 6) is -0.562. The van der Waals surface area contributed by atoms with Gasteiger partial charge in [0.05, 0.1) is 6.07 Å². The largest absolute Gasteiger partial charge is 0.482 e. The summed E-state index contributed by atoms with van der Waals surface area (Å²) in [6.07, 6.45) is 4.14. The maximum atomic E-state index is 12.0. The lowest BCUT2D eigenvalue weighted by atomic mass is 9.83. The molecule has 2 aromatic rings. The van der Waals surface area contributed by atoms with E-state index in [1.807, 2.05) is 42.5 Å². The maximum Gasteiger partial charge on any atom is 0.344 e. The molecule has 3 rings (SSSR count). The number of carbonyl (C=O) groups excluding carboxylic acids is 2. The van der Waals surface area contributed by atoms with E-state index in [0.717, 1.165) is 30.4 Å². The van der Waals surface area contributed by atoms with E-state index in [2.05, 4.69) is 11.4 Å². The van der Waals surface area contributed by atoms with Gasteiger partial charge in [-0.25, -0.2) is 4.79 Å². The van der Waals surface area contributed by atoms with Crippen LogP contribution in [0.25, 0.3) is 11.1 Å². The van der Waals surface area contributed by atoms with Crippen molar-refractivity contribution in [1.29, 1.82) is 5.26 Å². The van der Waals surface area contributed by atoms with E-state index in [9.17, 15) is 14.9 Å². The van der Waals surface area contributed by atoms with Gasteiger partial charge < -0.3 is 14.8 Å². The van der Waals surface area contributed by atoms with Gasteiger partial charge in [0.15, 0.2) is 13.2 Å². The molecule has 1 N–H and O–H groups in total. The summed E-state index contributed by atoms with van der Waals surface area (Å²) in [6.45, 7) is -0.708. The third kappa shape index (κ3) is 5.82. The number of ether oxygens (including phenoxy) is 2. The Labute approximate surface area is 170 Å². The van der Waals surface area contributed by atoms with Crippen LogP contribution in [-0.2, 0) is 14.3 Å². The molecular weight excluding hydrogens is 368 g/mol. The van der Waals surface area contributed by atoms with E-state index in [1.54, 1.807) is 12.1 Å². The zero-order chi connectivity index (χ0) is 20.5. The molecule has 1 amide bonds. The van der Waals surface area contributed by atoms with Crippen LogP contribution in [0.4, 0.5) is 0 Å². The summed E-state index contributed by atoms with van der Waals surface area (Å²) < 4.78 is 10.4. The number of nitriles is 1. The number of amides is 1. The molecule has 29 heavy (non-hydrogen) atoms. The molecule has 0 atom stereocenters. The Morgan fingerprint density at radius 3 is 2.24 bits per heavy atom. The fourth-order valence-electron chi connectivity index (χ4n) is 3.43. The number of rotatable bonds is 7. The Bertz CT molecular complexity index is 866. The Morgan fingerprint density at radius 2 is 1.59 bits per heavy atom. The normalized spacial score (nSPS) is 15.0. The molecule has 0 spiro atoms. The van der Waals surface area contributed by atoms with E-state index in [0.29, 0.717) is 18.6 Å². The van der Waals surface area contributed by atoms with Gasteiger partial charge in [0.2, 0.25) is 0 Å². The Balaban J connectivity index is 1.42. The van der Waals surface area contributed by atoms with E-state index in [1.165, 1.54) is 0 Å². The molecule has 1 fully saturated rings. The summed E-state index contributed by atoms with van der Waals surface area (Å²) in [4.78, 5) is 23.9. The molecule has 0 aliphatic heterocycles. The molecule has 150 valence electrons. The van der Waals surface area contributed by atoms with Gasteiger partial charge in [-0.15, -0.1) is 0 Å². The molecule has 0 radical (unpaired) electrons. The Morgan fingerprint density at radius 1 is 0.931 bits per heavy atom. The highest BCUT2D eigenvalue weighted by atomic mass is 16.6. The molecule has 1 aliphatic rings. The van der Waals surface area contributed by atoms with Gasteiger partial charge in [0.25, 0.3) is 5.91 Å². The Kier molecular flexibility index (Phi) is 6.85. The number of nitrogens with zero attached hydrogens (tertiary/aromatic N) is 1. The van der Waals surface area contributed by atoms with Crippen LogP contribution in [0.3, 0.4) is 0 Å². The molecule has 0 bridgehead atoms. The highest BCUT2D eigenvalue weighted by molar-refractivity contribution is 5.81. The van der Waals surface area contributed by atoms with Crippen molar-refractivity contribution >= 4 is 11.9 Å². The molecule has 0 saturated heterocycles. The van der Waals surface area contributed by atoms with Crippen molar-refractivity contribution in [3.05, 3.63) is 54.6 Å². The van der Waals surface area contributed by atoms with Gasteiger partial charge in [-0.2, -0.15) is 5.26 Å². The van der Waals surface area contributed by atoms with Gasteiger partial charge in [-0.3, -0.25) is 4.79 Å². The van der Waals surface area contributed by atoms with E-state index in [-0.39, 0.29) is 6.61 Å². The van der Waals surface area contributed by atoms with Crippen molar-refractivity contribution in [2.24, 2.45) is 0 Å². The number of benzene rings is 2. The number of carbonyl (C=O) groups is 2. The zero-order valence-corrected chi connectivity index (χ0v) is 16.2. The van der Waals surface area contributed by atoms with Gasteiger partial charge in [0.1, 0.15) is 11.3 Å². The maximum absolute atomic E-state index is 12.0. The number of hydrogen-bond donors (Lipinski definition) is 1. The van der Waals surface area contributed by atoms with E-state index < -0.39 is 24.0 Å². The molecule has 0 unspecified atom stereocenters. The van der Waals surface area contributed by atoms with Crippen LogP contribution in [0.5, 0.6) is 5.75 Å². The minimum atomic E-state index is -0.835. The molecule has 0 aromatic heterocycles. The fourth-order valence-corrected chi connectivity index (χ4v) is 3.43. The third-order valence-electron chi connectivity index (χ3n) is 4.98. The highest BCUT2D eigenvalue weighted by Gasteiger charge is 2.33. The van der Waals surface area contributed by atoms with E-state index in [4.69, 9.17) is 9.47 Å². The lowest BCUT2D eigenvalue weighted by Gasteiger charge is -2.31. The number of nitrogens with one attached hydrogen (secondary N) is 1. The SMILES string of the molecule is N#CC1(NC(=O)COC(=O)COc2ccc(-c3ccccc3)cc2)CCCCC1. The average molecular weight is 392 g/mol. The second kappa shape index (κ2) is 9.74. The van der Waals surface area contributed by atoms with Gasteiger partial charge in [-0.05, 0) is 36.1 Å². The minimum Gasteiger partial charge on any atom is -0.482 e. The van der Waals surface area contributed by atoms with Crippen LogP contribution in [0, 0.1) is 11.3 Å². The molecule has 6 heteroatoms. The van der Waals surface area contributed by atoms with Crippen LogP contribution in [0.1, 0.15) is 32.1 Å². The van der Waals surface area contributed by atoms with Gasteiger partial charge in [-0.1, -0.05) is 61.7 Å². The van der Waals surface area contributed by atoms with Crippen molar-refractivity contribution in [3.63, 3.8) is 0 Å². The number of hydrogen-bond acceptors (Lipinski definition) is 5. The molecular formula is C23H24N2O4. The van der Waals surface area contributed by atoms with Crippen molar-refractivity contribution in [2.75, 3.05) is 13.2 Å². The van der Waals surface area contributed by atoms with Crippen LogP contribution < -0.4 is 10.1 Å². The number of esters is 1. The lowest BCUT2D eigenvalue weighted by molar-refractivity contribution is -0.150. The molecule has 2 aromatic carbocycles. The van der Waals surface area contributed by atoms with Gasteiger partial charge in [0, 0.05) is 0 Å². The summed E-state index contributed by atoms with van der Waals surface area (Å²) in [6, 6.07) is 19.5. The monoisotopic (exact) mass is 392 g/mol. The first-order valence-electron chi connectivity index (χ1n) is 9.76. The van der Waals surface area contributed by atoms with Crippen LogP contribution in [0.15, 0.2) is 54.6 Å².